The maximum absolute atomic E-state index is 6.63. The van der Waals surface area contributed by atoms with E-state index in [-0.39, 0.29) is 0 Å². The molecule has 33 heavy (non-hydrogen) atoms. The summed E-state index contributed by atoms with van der Waals surface area (Å²) in [5.41, 5.74) is 8.22. The molecule has 162 valence electrons. The van der Waals surface area contributed by atoms with Gasteiger partial charge in [0.2, 0.25) is 5.69 Å². The van der Waals surface area contributed by atoms with Gasteiger partial charge >= 0.3 is 0 Å². The van der Waals surface area contributed by atoms with Crippen molar-refractivity contribution in [3.8, 4) is 11.3 Å². The number of aryl methyl sites for hydroxylation is 2. The van der Waals surface area contributed by atoms with Gasteiger partial charge in [-0.25, -0.2) is 4.57 Å². The van der Waals surface area contributed by atoms with Gasteiger partial charge in [-0.15, -0.1) is 0 Å². The second kappa shape index (κ2) is 7.18. The van der Waals surface area contributed by atoms with E-state index in [4.69, 9.17) is 4.42 Å². The predicted molar refractivity (Wildman–Crippen MR) is 139 cm³/mol. The fraction of sp³-hybridized carbons (Fsp3) is 0.194. The lowest BCUT2D eigenvalue weighted by atomic mass is 9.92. The van der Waals surface area contributed by atoms with Crippen molar-refractivity contribution in [3.63, 3.8) is 0 Å². The lowest BCUT2D eigenvalue weighted by molar-refractivity contribution is -0.659. The second-order valence-electron chi connectivity index (χ2n) is 9.64. The SMILES string of the molecule is Cc1cc2c(oc3cc4ccccc4cc32)c(-c2c3ccc(C(C)C)cc3cc[n+]2C)c1C. The highest BCUT2D eigenvalue weighted by Crippen LogP contribution is 2.41. The van der Waals surface area contributed by atoms with Crippen LogP contribution in [0.15, 0.2) is 77.3 Å². The minimum absolute atomic E-state index is 0.503. The standard InChI is InChI=1S/C31H28NO/c1-18(2)21-10-11-25-24(15-21)12-13-32(5)30(25)29-20(4)19(3)14-27-26-16-22-8-6-7-9-23(22)17-28(26)33-31(27)29/h6-18H,1-5H3/q+1. The minimum atomic E-state index is 0.503. The van der Waals surface area contributed by atoms with E-state index < -0.39 is 0 Å². The number of nitrogens with zero attached hydrogens (tertiary/aromatic N) is 1. The first-order valence-corrected chi connectivity index (χ1v) is 11.7. The van der Waals surface area contributed by atoms with Crippen LogP contribution in [0.2, 0.25) is 0 Å². The lowest BCUT2D eigenvalue weighted by Gasteiger charge is -2.12. The molecule has 6 rings (SSSR count). The van der Waals surface area contributed by atoms with Crippen molar-refractivity contribution in [2.24, 2.45) is 7.05 Å². The third-order valence-corrected chi connectivity index (χ3v) is 7.21. The van der Waals surface area contributed by atoms with E-state index in [2.05, 4.69) is 112 Å². The summed E-state index contributed by atoms with van der Waals surface area (Å²) in [6, 6.07) is 24.3. The first-order chi connectivity index (χ1) is 15.9. The molecular weight excluding hydrogens is 402 g/mol. The van der Waals surface area contributed by atoms with Crippen molar-refractivity contribution in [3.05, 3.63) is 89.6 Å². The van der Waals surface area contributed by atoms with Crippen molar-refractivity contribution in [2.75, 3.05) is 0 Å². The smallest absolute Gasteiger partial charge is 0.224 e. The number of pyridine rings is 1. The summed E-state index contributed by atoms with van der Waals surface area (Å²) in [5, 5.41) is 7.33. The van der Waals surface area contributed by atoms with Crippen molar-refractivity contribution in [1.29, 1.82) is 0 Å². The molecule has 6 aromatic rings. The van der Waals surface area contributed by atoms with E-state index in [1.807, 2.05) is 0 Å². The maximum Gasteiger partial charge on any atom is 0.224 e. The van der Waals surface area contributed by atoms with Crippen molar-refractivity contribution >= 4 is 43.5 Å². The number of fused-ring (bicyclic) bond motifs is 5. The van der Waals surface area contributed by atoms with Crippen LogP contribution < -0.4 is 4.57 Å². The fourth-order valence-corrected chi connectivity index (χ4v) is 5.17. The molecule has 0 atom stereocenters. The first kappa shape index (κ1) is 20.0. The zero-order valence-electron chi connectivity index (χ0n) is 19.9. The Hall–Kier alpha value is -3.65. The molecule has 0 aliphatic rings. The van der Waals surface area contributed by atoms with Crippen LogP contribution in [0.3, 0.4) is 0 Å². The topological polar surface area (TPSA) is 17.0 Å². The van der Waals surface area contributed by atoms with E-state index in [1.54, 1.807) is 0 Å². The Morgan fingerprint density at radius 2 is 1.52 bits per heavy atom. The number of hydrogen-bond acceptors (Lipinski definition) is 1. The summed E-state index contributed by atoms with van der Waals surface area (Å²) in [4.78, 5) is 0. The van der Waals surface area contributed by atoms with E-state index in [0.717, 1.165) is 11.2 Å². The quantitative estimate of drug-likeness (QED) is 0.253. The Morgan fingerprint density at radius 3 is 2.27 bits per heavy atom. The fourth-order valence-electron chi connectivity index (χ4n) is 5.17. The molecule has 0 N–H and O–H groups in total. The average molecular weight is 431 g/mol. The Labute approximate surface area is 194 Å². The first-order valence-electron chi connectivity index (χ1n) is 11.7. The van der Waals surface area contributed by atoms with Crippen LogP contribution in [-0.4, -0.2) is 0 Å². The molecule has 4 aromatic carbocycles. The monoisotopic (exact) mass is 430 g/mol. The summed E-state index contributed by atoms with van der Waals surface area (Å²) in [7, 11) is 2.13. The lowest BCUT2D eigenvalue weighted by Crippen LogP contribution is -2.31. The van der Waals surface area contributed by atoms with Gasteiger partial charge < -0.3 is 4.42 Å². The van der Waals surface area contributed by atoms with Gasteiger partial charge in [-0.3, -0.25) is 0 Å². The van der Waals surface area contributed by atoms with Gasteiger partial charge in [-0.1, -0.05) is 50.2 Å². The molecule has 0 spiro atoms. The Balaban J connectivity index is 1.75. The molecular formula is C31H28NO+. The Morgan fingerprint density at radius 1 is 0.758 bits per heavy atom. The average Bonchev–Trinajstić information content (AvgIpc) is 3.15. The zero-order valence-corrected chi connectivity index (χ0v) is 19.9. The van der Waals surface area contributed by atoms with Gasteiger partial charge in [-0.05, 0) is 76.9 Å². The number of rotatable bonds is 2. The predicted octanol–water partition coefficient (Wildman–Crippen LogP) is 8.12. The third-order valence-electron chi connectivity index (χ3n) is 7.21. The van der Waals surface area contributed by atoms with Gasteiger partial charge in [0.1, 0.15) is 18.2 Å². The second-order valence-corrected chi connectivity index (χ2v) is 9.64. The molecule has 0 amide bonds. The molecule has 0 unspecified atom stereocenters. The number of furan rings is 1. The summed E-state index contributed by atoms with van der Waals surface area (Å²) in [6.45, 7) is 8.92. The molecule has 0 bridgehead atoms. The van der Waals surface area contributed by atoms with Crippen LogP contribution in [0.4, 0.5) is 0 Å². The van der Waals surface area contributed by atoms with Gasteiger partial charge in [0.25, 0.3) is 0 Å². The largest absolute Gasteiger partial charge is 0.455 e. The molecule has 2 heteroatoms. The van der Waals surface area contributed by atoms with Crippen LogP contribution in [0.25, 0.3) is 54.7 Å². The van der Waals surface area contributed by atoms with Crippen LogP contribution in [0.1, 0.15) is 36.5 Å². The number of hydrogen-bond donors (Lipinski definition) is 0. The molecule has 2 aromatic heterocycles. The van der Waals surface area contributed by atoms with E-state index in [0.29, 0.717) is 5.92 Å². The summed E-state index contributed by atoms with van der Waals surface area (Å²) < 4.78 is 8.87. The molecule has 0 radical (unpaired) electrons. The molecule has 0 aliphatic heterocycles. The third kappa shape index (κ3) is 2.97. The van der Waals surface area contributed by atoms with Crippen molar-refractivity contribution < 1.29 is 8.98 Å². The maximum atomic E-state index is 6.63. The van der Waals surface area contributed by atoms with Crippen LogP contribution >= 0.6 is 0 Å². The zero-order chi connectivity index (χ0) is 22.9. The molecule has 2 nitrogen and oxygen atoms in total. The number of aromatic nitrogens is 1. The number of benzene rings is 4. The van der Waals surface area contributed by atoms with E-state index in [9.17, 15) is 0 Å². The summed E-state index contributed by atoms with van der Waals surface area (Å²) in [6.07, 6.45) is 2.17. The van der Waals surface area contributed by atoms with Gasteiger partial charge in [0, 0.05) is 16.8 Å². The Bertz CT molecular complexity index is 1720. The molecule has 0 saturated carbocycles. The van der Waals surface area contributed by atoms with Crippen molar-refractivity contribution in [2.45, 2.75) is 33.6 Å². The molecule has 0 aliphatic carbocycles. The highest BCUT2D eigenvalue weighted by atomic mass is 16.3. The molecule has 2 heterocycles. The van der Waals surface area contributed by atoms with Crippen LogP contribution in [0, 0.1) is 13.8 Å². The minimum Gasteiger partial charge on any atom is -0.455 e. The van der Waals surface area contributed by atoms with E-state index >= 15 is 0 Å². The van der Waals surface area contributed by atoms with Crippen molar-refractivity contribution in [1.82, 2.24) is 0 Å². The molecule has 0 saturated heterocycles. The van der Waals surface area contributed by atoms with Gasteiger partial charge in [-0.2, -0.15) is 0 Å². The Kier molecular flexibility index (Phi) is 4.35. The summed E-state index contributed by atoms with van der Waals surface area (Å²) >= 11 is 0. The van der Waals surface area contributed by atoms with Crippen LogP contribution in [0.5, 0.6) is 0 Å². The van der Waals surface area contributed by atoms with Crippen LogP contribution in [-0.2, 0) is 7.05 Å². The highest BCUT2D eigenvalue weighted by Gasteiger charge is 2.25. The van der Waals surface area contributed by atoms with Gasteiger partial charge in [0.05, 0.1) is 10.9 Å². The summed E-state index contributed by atoms with van der Waals surface area (Å²) in [5.74, 6) is 0.503. The van der Waals surface area contributed by atoms with Gasteiger partial charge in [0.15, 0.2) is 6.20 Å². The van der Waals surface area contributed by atoms with E-state index in [1.165, 1.54) is 60.3 Å². The molecule has 0 fully saturated rings. The highest BCUT2D eigenvalue weighted by molar-refractivity contribution is 6.15. The normalized spacial score (nSPS) is 12.1.